The summed E-state index contributed by atoms with van der Waals surface area (Å²) in [5.74, 6) is 0.871. The molecule has 0 bridgehead atoms. The first-order valence-corrected chi connectivity index (χ1v) is 7.99. The lowest BCUT2D eigenvalue weighted by Crippen LogP contribution is -2.20. The number of aryl methyl sites for hydroxylation is 2. The van der Waals surface area contributed by atoms with Crippen molar-refractivity contribution >= 4 is 22.4 Å². The van der Waals surface area contributed by atoms with Crippen molar-refractivity contribution in [1.82, 2.24) is 4.98 Å². The van der Waals surface area contributed by atoms with E-state index in [2.05, 4.69) is 16.9 Å². The van der Waals surface area contributed by atoms with E-state index in [9.17, 15) is 4.79 Å². The van der Waals surface area contributed by atoms with Gasteiger partial charge in [-0.2, -0.15) is 0 Å². The summed E-state index contributed by atoms with van der Waals surface area (Å²) in [4.78, 5) is 17.3. The molecule has 0 aliphatic carbocycles. The number of benzene rings is 1. The molecule has 1 N–H and O–H groups in total. The second-order valence-corrected chi connectivity index (χ2v) is 6.18. The van der Waals surface area contributed by atoms with Crippen LogP contribution in [0.2, 0.25) is 0 Å². The lowest BCUT2D eigenvalue weighted by atomic mass is 10.1. The predicted molar refractivity (Wildman–Crippen MR) is 92.6 cm³/mol. The number of amides is 1. The van der Waals surface area contributed by atoms with Crippen molar-refractivity contribution in [3.8, 4) is 11.5 Å². The van der Waals surface area contributed by atoms with Crippen LogP contribution in [0.25, 0.3) is 0 Å². The van der Waals surface area contributed by atoms with E-state index < -0.39 is 0 Å². The summed E-state index contributed by atoms with van der Waals surface area (Å²) < 4.78 is 10.8. The Kier molecular flexibility index (Phi) is 5.76. The Hall–Kier alpha value is -2.34. The fraction of sp³-hybridized carbons (Fsp3) is 0.294. The van der Waals surface area contributed by atoms with E-state index in [0.717, 1.165) is 22.6 Å². The zero-order chi connectivity index (χ0) is 16.8. The molecule has 1 aromatic heterocycles. The third-order valence-electron chi connectivity index (χ3n) is 3.24. The average Bonchev–Trinajstić information content (AvgIpc) is 2.84. The highest BCUT2D eigenvalue weighted by Gasteiger charge is 2.11. The van der Waals surface area contributed by atoms with Gasteiger partial charge in [-0.1, -0.05) is 12.1 Å². The van der Waals surface area contributed by atoms with Gasteiger partial charge >= 0.3 is 0 Å². The molecule has 0 aliphatic rings. The number of thiazole rings is 1. The SMILES string of the molecule is C=CCc1ccc(OCC(=O)Nc2nc(C)c(C)s2)c(OC)c1. The van der Waals surface area contributed by atoms with Crippen LogP contribution in [0.4, 0.5) is 5.13 Å². The van der Waals surface area contributed by atoms with Gasteiger partial charge in [-0.25, -0.2) is 4.98 Å². The molecule has 0 atom stereocenters. The van der Waals surface area contributed by atoms with Crippen LogP contribution < -0.4 is 14.8 Å². The van der Waals surface area contributed by atoms with Crippen molar-refractivity contribution in [2.45, 2.75) is 20.3 Å². The summed E-state index contributed by atoms with van der Waals surface area (Å²) in [5.41, 5.74) is 1.99. The minimum absolute atomic E-state index is 0.102. The number of methoxy groups -OCH3 is 1. The molecule has 1 amide bonds. The minimum atomic E-state index is -0.254. The first-order chi connectivity index (χ1) is 11.0. The van der Waals surface area contributed by atoms with E-state index in [0.29, 0.717) is 16.6 Å². The zero-order valence-electron chi connectivity index (χ0n) is 13.5. The number of carbonyl (C=O) groups excluding carboxylic acids is 1. The van der Waals surface area contributed by atoms with Crippen LogP contribution in [0.3, 0.4) is 0 Å². The van der Waals surface area contributed by atoms with Gasteiger partial charge in [0.05, 0.1) is 12.8 Å². The van der Waals surface area contributed by atoms with Gasteiger partial charge in [-0.3, -0.25) is 10.1 Å². The maximum absolute atomic E-state index is 12.0. The van der Waals surface area contributed by atoms with Crippen molar-refractivity contribution in [3.63, 3.8) is 0 Å². The number of hydrogen-bond acceptors (Lipinski definition) is 5. The lowest BCUT2D eigenvalue weighted by Gasteiger charge is -2.11. The quantitative estimate of drug-likeness (QED) is 0.788. The molecule has 2 aromatic rings. The van der Waals surface area contributed by atoms with E-state index in [1.54, 1.807) is 13.2 Å². The van der Waals surface area contributed by atoms with Crippen LogP contribution in [0, 0.1) is 13.8 Å². The normalized spacial score (nSPS) is 10.2. The van der Waals surface area contributed by atoms with Crippen molar-refractivity contribution in [2.24, 2.45) is 0 Å². The molecule has 0 saturated heterocycles. The Balaban J connectivity index is 1.96. The zero-order valence-corrected chi connectivity index (χ0v) is 14.3. The van der Waals surface area contributed by atoms with Crippen molar-refractivity contribution in [1.29, 1.82) is 0 Å². The standard InChI is InChI=1S/C17H20N2O3S/c1-5-6-13-7-8-14(15(9-13)21-4)22-10-16(20)19-17-18-11(2)12(3)23-17/h5,7-9H,1,6,10H2,2-4H3,(H,18,19,20). The highest BCUT2D eigenvalue weighted by atomic mass is 32.1. The summed E-state index contributed by atoms with van der Waals surface area (Å²) in [7, 11) is 1.57. The fourth-order valence-corrected chi connectivity index (χ4v) is 2.78. The van der Waals surface area contributed by atoms with Crippen LogP contribution in [0.15, 0.2) is 30.9 Å². The first kappa shape index (κ1) is 17.0. The third kappa shape index (κ3) is 4.56. The number of carbonyl (C=O) groups is 1. The summed E-state index contributed by atoms with van der Waals surface area (Å²) in [6.07, 6.45) is 2.57. The number of nitrogens with zero attached hydrogens (tertiary/aromatic N) is 1. The molecule has 1 heterocycles. The monoisotopic (exact) mass is 332 g/mol. The highest BCUT2D eigenvalue weighted by Crippen LogP contribution is 2.28. The minimum Gasteiger partial charge on any atom is -0.493 e. The second kappa shape index (κ2) is 7.78. The Morgan fingerprint density at radius 3 is 2.78 bits per heavy atom. The Bertz CT molecular complexity index is 690. The van der Waals surface area contributed by atoms with Crippen LogP contribution in [0.1, 0.15) is 16.1 Å². The van der Waals surface area contributed by atoms with Crippen LogP contribution in [-0.4, -0.2) is 24.6 Å². The van der Waals surface area contributed by atoms with Gasteiger partial charge in [-0.05, 0) is 38.0 Å². The largest absolute Gasteiger partial charge is 0.493 e. The van der Waals surface area contributed by atoms with Crippen molar-refractivity contribution < 1.29 is 14.3 Å². The van der Waals surface area contributed by atoms with Crippen molar-refractivity contribution in [3.05, 3.63) is 47.0 Å². The number of anilines is 1. The van der Waals surface area contributed by atoms with E-state index in [4.69, 9.17) is 9.47 Å². The van der Waals surface area contributed by atoms with Gasteiger partial charge in [-0.15, -0.1) is 17.9 Å². The molecule has 2 rings (SSSR count). The van der Waals surface area contributed by atoms with Crippen molar-refractivity contribution in [2.75, 3.05) is 19.0 Å². The van der Waals surface area contributed by atoms with Gasteiger partial charge < -0.3 is 9.47 Å². The van der Waals surface area contributed by atoms with Gasteiger partial charge in [0.1, 0.15) is 0 Å². The molecule has 23 heavy (non-hydrogen) atoms. The number of allylic oxidation sites excluding steroid dienone is 1. The molecule has 0 fully saturated rings. The molecule has 0 radical (unpaired) electrons. The molecular weight excluding hydrogens is 312 g/mol. The van der Waals surface area contributed by atoms with E-state index >= 15 is 0 Å². The van der Waals surface area contributed by atoms with E-state index in [1.165, 1.54) is 11.3 Å². The maximum Gasteiger partial charge on any atom is 0.264 e. The number of hydrogen-bond donors (Lipinski definition) is 1. The number of aromatic nitrogens is 1. The Morgan fingerprint density at radius 2 is 2.17 bits per heavy atom. The van der Waals surface area contributed by atoms with Gasteiger partial charge in [0, 0.05) is 4.88 Å². The van der Waals surface area contributed by atoms with Gasteiger partial charge in [0.25, 0.3) is 5.91 Å². The summed E-state index contributed by atoms with van der Waals surface area (Å²) >= 11 is 1.45. The molecule has 0 unspecified atom stereocenters. The number of nitrogens with one attached hydrogen (secondary N) is 1. The smallest absolute Gasteiger partial charge is 0.264 e. The number of ether oxygens (including phenoxy) is 2. The molecule has 122 valence electrons. The average molecular weight is 332 g/mol. The third-order valence-corrected chi connectivity index (χ3v) is 4.23. The maximum atomic E-state index is 12.0. The topological polar surface area (TPSA) is 60.5 Å². The van der Waals surface area contributed by atoms with Gasteiger partial charge in [0.2, 0.25) is 0 Å². The van der Waals surface area contributed by atoms with E-state index in [1.807, 2.05) is 32.1 Å². The molecule has 1 aromatic carbocycles. The van der Waals surface area contributed by atoms with Crippen LogP contribution in [-0.2, 0) is 11.2 Å². The summed E-state index contributed by atoms with van der Waals surface area (Å²) in [6, 6.07) is 5.59. The van der Waals surface area contributed by atoms with Crippen LogP contribution >= 0.6 is 11.3 Å². The lowest BCUT2D eigenvalue weighted by molar-refractivity contribution is -0.118. The highest BCUT2D eigenvalue weighted by molar-refractivity contribution is 7.15. The molecule has 0 spiro atoms. The Labute approximate surface area is 140 Å². The molecule has 5 nitrogen and oxygen atoms in total. The second-order valence-electron chi connectivity index (χ2n) is 4.98. The molecule has 6 heteroatoms. The molecule has 0 saturated carbocycles. The summed E-state index contributed by atoms with van der Waals surface area (Å²) in [5, 5.41) is 3.32. The number of rotatable bonds is 7. The summed E-state index contributed by atoms with van der Waals surface area (Å²) in [6.45, 7) is 7.49. The molecule has 0 aliphatic heterocycles. The van der Waals surface area contributed by atoms with E-state index in [-0.39, 0.29) is 12.5 Å². The first-order valence-electron chi connectivity index (χ1n) is 7.18. The van der Waals surface area contributed by atoms with Crippen LogP contribution in [0.5, 0.6) is 11.5 Å². The Morgan fingerprint density at radius 1 is 1.39 bits per heavy atom. The predicted octanol–water partition coefficient (Wildman–Crippen LogP) is 3.51. The molecular formula is C17H20N2O3S. The fourth-order valence-electron chi connectivity index (χ4n) is 1.95. The van der Waals surface area contributed by atoms with Gasteiger partial charge in [0.15, 0.2) is 23.2 Å².